The predicted octanol–water partition coefficient (Wildman–Crippen LogP) is 4.79. The van der Waals surface area contributed by atoms with Crippen molar-refractivity contribution in [2.75, 3.05) is 19.0 Å². The summed E-state index contributed by atoms with van der Waals surface area (Å²) in [5, 5.41) is 1.36. The van der Waals surface area contributed by atoms with Gasteiger partial charge in [0.2, 0.25) is 0 Å². The SMILES string of the molecule is CCOC(CSc1nc2sc3c(c2c(=O)n1-c1ccccc1)CC(C)(C)OC3)OCC. The molecule has 3 heterocycles. The van der Waals surface area contributed by atoms with E-state index in [0.29, 0.717) is 37.2 Å². The Morgan fingerprint density at radius 1 is 1.23 bits per heavy atom. The normalized spacial score (nSPS) is 15.5. The number of benzene rings is 1. The molecule has 0 saturated carbocycles. The topological polar surface area (TPSA) is 62.6 Å². The van der Waals surface area contributed by atoms with E-state index in [1.807, 2.05) is 44.2 Å². The summed E-state index contributed by atoms with van der Waals surface area (Å²) in [6.45, 7) is 9.67. The molecule has 1 aromatic carbocycles. The van der Waals surface area contributed by atoms with Crippen molar-refractivity contribution in [3.63, 3.8) is 0 Å². The summed E-state index contributed by atoms with van der Waals surface area (Å²) in [6.07, 6.45) is 0.361. The number of fused-ring (bicyclic) bond motifs is 3. The Morgan fingerprint density at radius 3 is 2.61 bits per heavy atom. The zero-order valence-electron chi connectivity index (χ0n) is 18.3. The first-order chi connectivity index (χ1) is 14.9. The minimum Gasteiger partial charge on any atom is -0.370 e. The van der Waals surface area contributed by atoms with Gasteiger partial charge in [-0.15, -0.1) is 11.3 Å². The van der Waals surface area contributed by atoms with Crippen LogP contribution in [0, 0.1) is 0 Å². The Balaban J connectivity index is 1.82. The second-order valence-corrected chi connectivity index (χ2v) is 10.0. The third-order valence-electron chi connectivity index (χ3n) is 5.14. The molecular weight excluding hydrogens is 432 g/mol. The first-order valence-corrected chi connectivity index (χ1v) is 12.4. The summed E-state index contributed by atoms with van der Waals surface area (Å²) in [6, 6.07) is 9.69. The van der Waals surface area contributed by atoms with Crippen molar-refractivity contribution >= 4 is 33.3 Å². The van der Waals surface area contributed by atoms with Crippen molar-refractivity contribution in [1.82, 2.24) is 9.55 Å². The summed E-state index contributed by atoms with van der Waals surface area (Å²) < 4.78 is 19.1. The summed E-state index contributed by atoms with van der Waals surface area (Å²) in [4.78, 5) is 20.6. The molecule has 2 aromatic heterocycles. The van der Waals surface area contributed by atoms with Crippen LogP contribution < -0.4 is 5.56 Å². The molecule has 1 aliphatic heterocycles. The van der Waals surface area contributed by atoms with E-state index < -0.39 is 0 Å². The highest BCUT2D eigenvalue weighted by molar-refractivity contribution is 7.99. The lowest BCUT2D eigenvalue weighted by atomic mass is 9.94. The number of ether oxygens (including phenoxy) is 3. The molecule has 1 aliphatic rings. The molecule has 0 N–H and O–H groups in total. The number of hydrogen-bond donors (Lipinski definition) is 0. The minimum absolute atomic E-state index is 0.0294. The van der Waals surface area contributed by atoms with Gasteiger partial charge in [0.15, 0.2) is 11.4 Å². The van der Waals surface area contributed by atoms with Crippen LogP contribution in [0.5, 0.6) is 0 Å². The maximum Gasteiger partial charge on any atom is 0.267 e. The molecule has 166 valence electrons. The van der Waals surface area contributed by atoms with E-state index in [1.54, 1.807) is 15.9 Å². The fourth-order valence-corrected chi connectivity index (χ4v) is 5.84. The molecule has 0 fully saturated rings. The summed E-state index contributed by atoms with van der Waals surface area (Å²) in [5.41, 5.74) is 1.57. The van der Waals surface area contributed by atoms with Gasteiger partial charge < -0.3 is 14.2 Å². The van der Waals surface area contributed by atoms with Crippen LogP contribution in [0.3, 0.4) is 0 Å². The monoisotopic (exact) mass is 460 g/mol. The van der Waals surface area contributed by atoms with Gasteiger partial charge in [-0.1, -0.05) is 30.0 Å². The Kier molecular flexibility index (Phi) is 6.83. The zero-order valence-corrected chi connectivity index (χ0v) is 20.0. The van der Waals surface area contributed by atoms with E-state index in [4.69, 9.17) is 19.2 Å². The van der Waals surface area contributed by atoms with Gasteiger partial charge in [-0.2, -0.15) is 0 Å². The van der Waals surface area contributed by atoms with Crippen LogP contribution in [0.4, 0.5) is 0 Å². The number of thioether (sulfide) groups is 1. The van der Waals surface area contributed by atoms with Gasteiger partial charge in [0.25, 0.3) is 5.56 Å². The molecule has 0 spiro atoms. The number of nitrogens with zero attached hydrogens (tertiary/aromatic N) is 2. The molecule has 31 heavy (non-hydrogen) atoms. The van der Waals surface area contributed by atoms with Gasteiger partial charge in [-0.05, 0) is 45.4 Å². The molecular formula is C23H28N2O4S2. The molecule has 3 aromatic rings. The standard InChI is InChI=1S/C23H28N2O4S2/c1-5-27-18(28-6-2)14-30-22-24-20-19(16-12-23(3,4)29-13-17(16)31-20)21(26)25(22)15-10-8-7-9-11-15/h7-11,18H,5-6,12-14H2,1-4H3. The van der Waals surface area contributed by atoms with Crippen LogP contribution in [0.2, 0.25) is 0 Å². The second-order valence-electron chi connectivity index (χ2n) is 7.93. The first kappa shape index (κ1) is 22.5. The molecule has 0 atom stereocenters. The van der Waals surface area contributed by atoms with Gasteiger partial charge in [-0.25, -0.2) is 4.98 Å². The van der Waals surface area contributed by atoms with E-state index in [0.717, 1.165) is 26.3 Å². The van der Waals surface area contributed by atoms with Gasteiger partial charge in [-0.3, -0.25) is 9.36 Å². The number of thiophene rings is 1. The molecule has 8 heteroatoms. The maximum absolute atomic E-state index is 13.8. The van der Waals surface area contributed by atoms with Crippen LogP contribution in [0.15, 0.2) is 40.3 Å². The molecule has 0 unspecified atom stereocenters. The number of hydrogen-bond acceptors (Lipinski definition) is 7. The number of para-hydroxylation sites is 1. The third-order valence-corrected chi connectivity index (χ3v) is 7.21. The summed E-state index contributed by atoms with van der Waals surface area (Å²) in [7, 11) is 0. The van der Waals surface area contributed by atoms with E-state index in [-0.39, 0.29) is 17.5 Å². The Hall–Kier alpha value is -1.71. The van der Waals surface area contributed by atoms with Crippen molar-refractivity contribution in [3.8, 4) is 5.69 Å². The fourth-order valence-electron chi connectivity index (χ4n) is 3.73. The third kappa shape index (κ3) is 4.73. The molecule has 0 radical (unpaired) electrons. The largest absolute Gasteiger partial charge is 0.370 e. The maximum atomic E-state index is 13.8. The fraction of sp³-hybridized carbons (Fsp3) is 0.478. The van der Waals surface area contributed by atoms with E-state index >= 15 is 0 Å². The molecule has 0 amide bonds. The lowest BCUT2D eigenvalue weighted by molar-refractivity contribution is -0.120. The van der Waals surface area contributed by atoms with E-state index in [9.17, 15) is 4.79 Å². The van der Waals surface area contributed by atoms with Gasteiger partial charge in [0, 0.05) is 24.5 Å². The highest BCUT2D eigenvalue weighted by Gasteiger charge is 2.31. The lowest BCUT2D eigenvalue weighted by Gasteiger charge is -2.29. The Bertz CT molecular complexity index is 1100. The molecule has 0 saturated heterocycles. The van der Waals surface area contributed by atoms with Crippen molar-refractivity contribution in [2.24, 2.45) is 0 Å². The second kappa shape index (κ2) is 9.42. The highest BCUT2D eigenvalue weighted by Crippen LogP contribution is 2.38. The summed E-state index contributed by atoms with van der Waals surface area (Å²) in [5.74, 6) is 0.549. The van der Waals surface area contributed by atoms with Crippen LogP contribution in [-0.4, -0.2) is 40.4 Å². The highest BCUT2D eigenvalue weighted by atomic mass is 32.2. The van der Waals surface area contributed by atoms with Crippen LogP contribution >= 0.6 is 23.1 Å². The van der Waals surface area contributed by atoms with Crippen LogP contribution in [0.25, 0.3) is 15.9 Å². The number of rotatable bonds is 8. The van der Waals surface area contributed by atoms with Crippen molar-refractivity contribution < 1.29 is 14.2 Å². The van der Waals surface area contributed by atoms with E-state index in [2.05, 4.69) is 13.8 Å². The lowest BCUT2D eigenvalue weighted by Crippen LogP contribution is -2.32. The summed E-state index contributed by atoms with van der Waals surface area (Å²) >= 11 is 3.04. The smallest absolute Gasteiger partial charge is 0.267 e. The molecule has 0 aliphatic carbocycles. The zero-order chi connectivity index (χ0) is 22.0. The van der Waals surface area contributed by atoms with Crippen LogP contribution in [0.1, 0.15) is 38.1 Å². The van der Waals surface area contributed by atoms with Crippen molar-refractivity contribution in [3.05, 3.63) is 51.1 Å². The average Bonchev–Trinajstić information content (AvgIpc) is 3.09. The van der Waals surface area contributed by atoms with Crippen molar-refractivity contribution in [2.45, 2.75) is 57.8 Å². The van der Waals surface area contributed by atoms with Crippen molar-refractivity contribution in [1.29, 1.82) is 0 Å². The predicted molar refractivity (Wildman–Crippen MR) is 126 cm³/mol. The molecule has 4 rings (SSSR count). The van der Waals surface area contributed by atoms with Crippen LogP contribution in [-0.2, 0) is 27.2 Å². The number of aromatic nitrogens is 2. The van der Waals surface area contributed by atoms with Gasteiger partial charge in [0.1, 0.15) is 4.83 Å². The van der Waals surface area contributed by atoms with Gasteiger partial charge >= 0.3 is 0 Å². The Morgan fingerprint density at radius 2 is 1.94 bits per heavy atom. The molecule has 6 nitrogen and oxygen atoms in total. The quantitative estimate of drug-likeness (QED) is 0.274. The average molecular weight is 461 g/mol. The Labute approximate surface area is 190 Å². The first-order valence-electron chi connectivity index (χ1n) is 10.6. The minimum atomic E-state index is -0.345. The van der Waals surface area contributed by atoms with Gasteiger partial charge in [0.05, 0.1) is 29.0 Å². The van der Waals surface area contributed by atoms with E-state index in [1.165, 1.54) is 11.8 Å². The molecule has 0 bridgehead atoms.